The summed E-state index contributed by atoms with van der Waals surface area (Å²) in [7, 11) is 1.40. The van der Waals surface area contributed by atoms with Crippen LogP contribution in [0.1, 0.15) is 44.9 Å². The van der Waals surface area contributed by atoms with Crippen LogP contribution in [0.2, 0.25) is 0 Å². The van der Waals surface area contributed by atoms with Gasteiger partial charge < -0.3 is 4.74 Å². The number of benzene rings is 2. The Kier molecular flexibility index (Phi) is 11.7. The monoisotopic (exact) mass is 400 g/mol. The molecule has 1 unspecified atom stereocenters. The van der Waals surface area contributed by atoms with Crippen LogP contribution in [0.5, 0.6) is 0 Å². The van der Waals surface area contributed by atoms with Crippen molar-refractivity contribution in [3.8, 4) is 0 Å². The molecule has 0 aliphatic carbocycles. The van der Waals surface area contributed by atoms with E-state index in [2.05, 4.69) is 24.3 Å². The average molecular weight is 401 g/mol. The number of amides is 1. The second-order valence-electron chi connectivity index (χ2n) is 5.50. The number of nitrogens with zero attached hydrogens (tertiary/aromatic N) is 2. The van der Waals surface area contributed by atoms with Gasteiger partial charge in [0.25, 0.3) is 0 Å². The Balaban J connectivity index is 0.000000921. The molecule has 5 heteroatoms. The Morgan fingerprint density at radius 2 is 1.61 bits per heavy atom. The molecule has 1 heterocycles. The molecule has 1 atom stereocenters. The minimum atomic E-state index is -0.342. The first-order valence-corrected chi connectivity index (χ1v) is 10.9. The normalized spacial score (nSPS) is 15.0. The molecule has 1 fully saturated rings. The zero-order valence-electron chi connectivity index (χ0n) is 17.6. The average Bonchev–Trinajstić information content (AvgIpc) is 3.25. The maximum Gasteiger partial charge on any atom is 0.415 e. The van der Waals surface area contributed by atoms with Crippen molar-refractivity contribution in [2.24, 2.45) is 4.99 Å². The fourth-order valence-corrected chi connectivity index (χ4v) is 3.65. The highest BCUT2D eigenvalue weighted by atomic mass is 32.2. The summed E-state index contributed by atoms with van der Waals surface area (Å²) < 4.78 is 4.86. The molecule has 1 aliphatic rings. The first-order chi connectivity index (χ1) is 13.8. The number of methoxy groups -OCH3 is 1. The van der Waals surface area contributed by atoms with Crippen molar-refractivity contribution < 1.29 is 9.53 Å². The fourth-order valence-electron chi connectivity index (χ4n) is 2.67. The van der Waals surface area contributed by atoms with Gasteiger partial charge in [0.2, 0.25) is 0 Å². The molecule has 0 bridgehead atoms. The molecular weight excluding hydrogens is 368 g/mol. The molecule has 3 rings (SSSR count). The lowest BCUT2D eigenvalue weighted by Crippen LogP contribution is -2.32. The first kappa shape index (κ1) is 23.8. The first-order valence-electron chi connectivity index (χ1n) is 9.93. The van der Waals surface area contributed by atoms with Crippen molar-refractivity contribution in [1.82, 2.24) is 4.90 Å². The van der Waals surface area contributed by atoms with Crippen LogP contribution in [0.4, 0.5) is 4.79 Å². The Hall–Kier alpha value is -2.27. The number of amidine groups is 1. The van der Waals surface area contributed by atoms with Crippen LogP contribution in [0, 0.1) is 0 Å². The third kappa shape index (κ3) is 7.04. The highest BCUT2D eigenvalue weighted by Crippen LogP contribution is 2.27. The molecule has 28 heavy (non-hydrogen) atoms. The predicted molar refractivity (Wildman–Crippen MR) is 121 cm³/mol. The van der Waals surface area contributed by atoms with Gasteiger partial charge >= 0.3 is 6.09 Å². The van der Waals surface area contributed by atoms with E-state index in [0.717, 1.165) is 22.9 Å². The molecule has 2 aromatic carbocycles. The summed E-state index contributed by atoms with van der Waals surface area (Å²) in [6.07, 6.45) is 0.453. The lowest BCUT2D eigenvalue weighted by atomic mass is 9.99. The van der Waals surface area contributed by atoms with Crippen molar-refractivity contribution in [3.05, 3.63) is 71.8 Å². The molecule has 0 N–H and O–H groups in total. The second kappa shape index (κ2) is 13.8. The van der Waals surface area contributed by atoms with Gasteiger partial charge in [0.1, 0.15) is 0 Å². The van der Waals surface area contributed by atoms with Crippen molar-refractivity contribution in [2.75, 3.05) is 19.4 Å². The maximum atomic E-state index is 11.9. The van der Waals surface area contributed by atoms with Gasteiger partial charge in [0.05, 0.1) is 13.2 Å². The van der Waals surface area contributed by atoms with Crippen LogP contribution in [0.3, 0.4) is 0 Å². The van der Waals surface area contributed by atoms with Gasteiger partial charge in [0, 0.05) is 12.3 Å². The lowest BCUT2D eigenvalue weighted by molar-refractivity contribution is 0.149. The molecule has 0 saturated carbocycles. The molecular formula is C23H32N2O2S. The van der Waals surface area contributed by atoms with Crippen LogP contribution in [0.25, 0.3) is 0 Å². The van der Waals surface area contributed by atoms with Gasteiger partial charge in [-0.2, -0.15) is 0 Å². The SMILES string of the molecule is CC.CC.COC(=O)N1CCSC1=NC(Cc1ccccc1)c1ccccc1. The molecule has 2 aromatic rings. The Labute approximate surface area is 174 Å². The minimum absolute atomic E-state index is 0.0265. The van der Waals surface area contributed by atoms with E-state index < -0.39 is 0 Å². The molecule has 1 saturated heterocycles. The second-order valence-corrected chi connectivity index (χ2v) is 6.56. The van der Waals surface area contributed by atoms with Crippen LogP contribution >= 0.6 is 11.8 Å². The Morgan fingerprint density at radius 1 is 1.04 bits per heavy atom. The van der Waals surface area contributed by atoms with E-state index in [9.17, 15) is 4.79 Å². The summed E-state index contributed by atoms with van der Waals surface area (Å²) >= 11 is 1.60. The van der Waals surface area contributed by atoms with E-state index in [-0.39, 0.29) is 12.1 Å². The highest BCUT2D eigenvalue weighted by Gasteiger charge is 2.27. The van der Waals surface area contributed by atoms with Gasteiger partial charge in [-0.3, -0.25) is 9.89 Å². The molecule has 0 aromatic heterocycles. The quantitative estimate of drug-likeness (QED) is 0.614. The van der Waals surface area contributed by atoms with E-state index in [1.54, 1.807) is 16.7 Å². The van der Waals surface area contributed by atoms with Gasteiger partial charge in [-0.1, -0.05) is 100 Å². The largest absolute Gasteiger partial charge is 0.452 e. The third-order valence-corrected chi connectivity index (χ3v) is 4.87. The molecule has 152 valence electrons. The van der Waals surface area contributed by atoms with Crippen molar-refractivity contribution in [2.45, 2.75) is 40.2 Å². The predicted octanol–water partition coefficient (Wildman–Crippen LogP) is 6.19. The summed E-state index contributed by atoms with van der Waals surface area (Å²) in [5, 5.41) is 0.742. The Bertz CT molecular complexity index is 705. The standard InChI is InChI=1S/C19H20N2O2S.2C2H6/c1-23-19(22)21-12-13-24-18(21)20-17(16-10-6-3-7-11-16)14-15-8-4-2-5-9-15;2*1-2/h2-11,17H,12-14H2,1H3;2*1-2H3. The Morgan fingerprint density at radius 3 is 2.18 bits per heavy atom. The molecule has 1 amide bonds. The van der Waals surface area contributed by atoms with Crippen LogP contribution < -0.4 is 0 Å². The van der Waals surface area contributed by atoms with Gasteiger partial charge in [-0.15, -0.1) is 0 Å². The van der Waals surface area contributed by atoms with Crippen molar-refractivity contribution in [1.29, 1.82) is 0 Å². The highest BCUT2D eigenvalue weighted by molar-refractivity contribution is 8.14. The zero-order chi connectivity index (χ0) is 20.8. The smallest absolute Gasteiger partial charge is 0.415 e. The van der Waals surface area contributed by atoms with Crippen LogP contribution in [-0.2, 0) is 11.2 Å². The topological polar surface area (TPSA) is 41.9 Å². The van der Waals surface area contributed by atoms with E-state index in [4.69, 9.17) is 9.73 Å². The summed E-state index contributed by atoms with van der Waals surface area (Å²) in [5.74, 6) is 0.848. The maximum absolute atomic E-state index is 11.9. The molecule has 4 nitrogen and oxygen atoms in total. The van der Waals surface area contributed by atoms with E-state index in [1.165, 1.54) is 12.7 Å². The van der Waals surface area contributed by atoms with Gasteiger partial charge in [-0.05, 0) is 17.5 Å². The van der Waals surface area contributed by atoms with Gasteiger partial charge in [-0.25, -0.2) is 4.79 Å². The van der Waals surface area contributed by atoms with Crippen LogP contribution in [0.15, 0.2) is 65.7 Å². The van der Waals surface area contributed by atoms with Gasteiger partial charge in [0.15, 0.2) is 5.17 Å². The minimum Gasteiger partial charge on any atom is -0.452 e. The fraction of sp³-hybridized carbons (Fsp3) is 0.391. The number of hydrogen-bond acceptors (Lipinski definition) is 4. The molecule has 0 radical (unpaired) electrons. The van der Waals surface area contributed by atoms with Crippen molar-refractivity contribution >= 4 is 23.0 Å². The summed E-state index contributed by atoms with van der Waals surface area (Å²) in [5.41, 5.74) is 2.37. The third-order valence-electron chi connectivity index (χ3n) is 3.89. The number of carbonyl (C=O) groups excluding carboxylic acids is 1. The number of hydrogen-bond donors (Lipinski definition) is 0. The van der Waals surface area contributed by atoms with Crippen molar-refractivity contribution in [3.63, 3.8) is 0 Å². The summed E-state index contributed by atoms with van der Waals surface area (Å²) in [6.45, 7) is 8.64. The number of carbonyl (C=O) groups is 1. The number of thioether (sulfide) groups is 1. The summed E-state index contributed by atoms with van der Waals surface area (Å²) in [6, 6.07) is 20.5. The van der Waals surface area contributed by atoms with Crippen LogP contribution in [-0.4, -0.2) is 35.6 Å². The molecule has 0 spiro atoms. The van der Waals surface area contributed by atoms with E-state index in [0.29, 0.717) is 6.54 Å². The summed E-state index contributed by atoms with van der Waals surface area (Å²) in [4.78, 5) is 18.4. The van der Waals surface area contributed by atoms with E-state index >= 15 is 0 Å². The van der Waals surface area contributed by atoms with E-state index in [1.807, 2.05) is 64.1 Å². The lowest BCUT2D eigenvalue weighted by Gasteiger charge is -2.18. The number of rotatable bonds is 4. The molecule has 1 aliphatic heterocycles. The zero-order valence-corrected chi connectivity index (χ0v) is 18.4. The number of ether oxygens (including phenoxy) is 1. The number of aliphatic imine (C=N–C) groups is 1.